The molecule has 0 bridgehead atoms. The number of nitrogens with zero attached hydrogens (tertiary/aromatic N) is 1. The number of aliphatic carboxylic acids is 1. The number of rotatable bonds is 15. The van der Waals surface area contributed by atoms with Gasteiger partial charge in [-0.1, -0.05) is 71.4 Å². The number of pyridine rings is 1. The molecule has 0 aromatic carbocycles. The average Bonchev–Trinajstić information content (AvgIpc) is 3.60. The van der Waals surface area contributed by atoms with E-state index in [1.807, 2.05) is 12.1 Å². The first-order valence-corrected chi connectivity index (χ1v) is 26.2. The number of carbonyl (C=O) groups is 1. The summed E-state index contributed by atoms with van der Waals surface area (Å²) < 4.78 is 30.4. The lowest BCUT2D eigenvalue weighted by Crippen LogP contribution is -2.65. The predicted molar refractivity (Wildman–Crippen MR) is 246 cm³/mol. The molecule has 3 N–H and O–H groups in total. The predicted octanol–water partition coefficient (Wildman–Crippen LogP) is 11.1. The average molecular weight is 861 g/mol. The molecule has 61 heavy (non-hydrogen) atoms. The number of ether oxygens (including phenoxy) is 1. The summed E-state index contributed by atoms with van der Waals surface area (Å²) in [5, 5.41) is 25.9. The van der Waals surface area contributed by atoms with E-state index in [-0.39, 0.29) is 33.6 Å². The van der Waals surface area contributed by atoms with Crippen molar-refractivity contribution < 1.29 is 28.2 Å². The minimum Gasteiger partial charge on any atom is -0.481 e. The van der Waals surface area contributed by atoms with Crippen molar-refractivity contribution in [3.05, 3.63) is 59.8 Å². The lowest BCUT2D eigenvalue weighted by molar-refractivity contribution is -0.176. The second-order valence-electron chi connectivity index (χ2n) is 22.4. The number of carboxylic acids is 1. The van der Waals surface area contributed by atoms with Crippen molar-refractivity contribution in [1.82, 2.24) is 10.3 Å². The van der Waals surface area contributed by atoms with Gasteiger partial charge in [-0.05, 0) is 192 Å². The van der Waals surface area contributed by atoms with E-state index < -0.39 is 26.8 Å². The van der Waals surface area contributed by atoms with Gasteiger partial charge in [-0.25, -0.2) is 13.4 Å². The molecule has 340 valence electrons. The Morgan fingerprint density at radius 1 is 1.02 bits per heavy atom. The first-order valence-electron chi connectivity index (χ1n) is 24.2. The van der Waals surface area contributed by atoms with E-state index >= 15 is 0 Å². The van der Waals surface area contributed by atoms with Crippen molar-refractivity contribution in [2.75, 3.05) is 19.4 Å². The summed E-state index contributed by atoms with van der Waals surface area (Å²) in [6, 6.07) is 5.49. The van der Waals surface area contributed by atoms with E-state index in [4.69, 9.17) is 4.74 Å². The zero-order valence-electron chi connectivity index (χ0n) is 38.9. The van der Waals surface area contributed by atoms with Gasteiger partial charge in [0.2, 0.25) is 5.88 Å². The van der Waals surface area contributed by atoms with Crippen LogP contribution in [0.1, 0.15) is 164 Å². The topological polar surface area (TPSA) is 126 Å². The molecule has 0 amide bonds. The minimum absolute atomic E-state index is 0.0238. The summed E-state index contributed by atoms with van der Waals surface area (Å²) in [6.45, 7) is 20.3. The molecule has 0 saturated heterocycles. The van der Waals surface area contributed by atoms with Crippen LogP contribution in [0.15, 0.2) is 59.8 Å². The number of fused-ring (bicyclic) bond motifs is 5. The standard InChI is InChI=1S/C52H80N2O6S/c1-9-10-13-42(37-17-24-50(25-18-37,46(55)56)35-60-44-14-11-12-32-53-44)47(4,5)38-19-23-48(6)39(34-38)15-16-43-45-41(36(2)3)22-28-52(45,30-29-49(43,48)7)54-33-31-51(57)26-20-40(21-27-51)61(8,58)59/h11-14,17,32,38-41,43,45,54,57H,2,9-10,15-16,18-31,33-35H2,1,3-8H3,(H,55,56)/b42-13-/t38-,39-,40?,41+,43-,45-,48-,49-,50?,51?,52+/m1/s1. The lowest BCUT2D eigenvalue weighted by atomic mass is 9.38. The zero-order valence-corrected chi connectivity index (χ0v) is 39.7. The van der Waals surface area contributed by atoms with Crippen LogP contribution in [0.5, 0.6) is 5.88 Å². The molecule has 9 atom stereocenters. The SMILES string of the molecule is C=C(C)[C@@H]1CC[C@]2(NCCC3(O)CCC(S(C)(=O)=O)CC3)CC[C@]3(C)[C@H](CC[C@@H]4C[C@H](C(C)(C)/C(=C\CCC)C5=CCC(COc6ccccn6)(C(=O)O)CC5)CC[C@]43C)[C@@H]12. The van der Waals surface area contributed by atoms with Crippen LogP contribution in [0.4, 0.5) is 0 Å². The number of aromatic nitrogens is 1. The molecule has 9 heteroatoms. The highest BCUT2D eigenvalue weighted by Gasteiger charge is 2.67. The van der Waals surface area contributed by atoms with Gasteiger partial charge in [0.05, 0.1) is 10.9 Å². The Labute approximate surface area is 369 Å². The number of sulfone groups is 1. The van der Waals surface area contributed by atoms with E-state index in [1.165, 1.54) is 80.8 Å². The van der Waals surface area contributed by atoms with Crippen LogP contribution in [-0.4, -0.2) is 65.4 Å². The summed E-state index contributed by atoms with van der Waals surface area (Å²) in [5.41, 5.74) is 2.92. The second-order valence-corrected chi connectivity index (χ2v) is 24.7. The van der Waals surface area contributed by atoms with Gasteiger partial charge in [-0.15, -0.1) is 0 Å². The molecular weight excluding hydrogens is 781 g/mol. The largest absolute Gasteiger partial charge is 0.481 e. The van der Waals surface area contributed by atoms with E-state index in [2.05, 4.69) is 70.6 Å². The number of unbranched alkanes of at least 4 members (excludes halogenated alkanes) is 1. The fraction of sp³-hybridized carbons (Fsp3) is 0.769. The Kier molecular flexibility index (Phi) is 13.3. The van der Waals surface area contributed by atoms with Gasteiger partial charge >= 0.3 is 5.97 Å². The number of allylic oxidation sites excluding steroid dienone is 5. The van der Waals surface area contributed by atoms with E-state index in [9.17, 15) is 23.4 Å². The maximum atomic E-state index is 12.8. The molecule has 7 rings (SSSR count). The van der Waals surface area contributed by atoms with Gasteiger partial charge < -0.3 is 20.3 Å². The van der Waals surface area contributed by atoms with Gasteiger partial charge in [-0.2, -0.15) is 0 Å². The third-order valence-electron chi connectivity index (χ3n) is 19.0. The Balaban J connectivity index is 1.05. The normalized spacial score (nSPS) is 39.3. The Bertz CT molecular complexity index is 1930. The first kappa shape index (κ1) is 46.5. The molecule has 0 aliphatic heterocycles. The molecule has 0 spiro atoms. The molecule has 1 aromatic rings. The number of nitrogens with one attached hydrogen (secondary N) is 1. The molecule has 1 heterocycles. The first-order chi connectivity index (χ1) is 28.7. The maximum Gasteiger partial charge on any atom is 0.313 e. The quantitative estimate of drug-likeness (QED) is 0.149. The van der Waals surface area contributed by atoms with Crippen LogP contribution in [0.2, 0.25) is 0 Å². The summed E-state index contributed by atoms with van der Waals surface area (Å²) in [5.74, 6) is 2.59. The molecule has 6 aliphatic carbocycles. The number of hydrogen-bond acceptors (Lipinski definition) is 7. The van der Waals surface area contributed by atoms with Crippen LogP contribution in [0, 0.1) is 51.2 Å². The monoisotopic (exact) mass is 861 g/mol. The second kappa shape index (κ2) is 17.5. The van der Waals surface area contributed by atoms with E-state index in [0.717, 1.165) is 25.8 Å². The fourth-order valence-electron chi connectivity index (χ4n) is 14.7. The Hall–Kier alpha value is -2.49. The van der Waals surface area contributed by atoms with Gasteiger partial charge in [0, 0.05) is 24.1 Å². The summed E-state index contributed by atoms with van der Waals surface area (Å²) >= 11 is 0. The van der Waals surface area contributed by atoms with Crippen molar-refractivity contribution in [1.29, 1.82) is 0 Å². The van der Waals surface area contributed by atoms with Gasteiger partial charge in [0.15, 0.2) is 0 Å². The number of carboxylic acid groups (broad SMARTS) is 1. The molecule has 6 aliphatic rings. The van der Waals surface area contributed by atoms with Gasteiger partial charge in [0.25, 0.3) is 0 Å². The highest BCUT2D eigenvalue weighted by atomic mass is 32.2. The number of aliphatic hydroxyl groups is 1. The summed E-state index contributed by atoms with van der Waals surface area (Å²) in [6.07, 6.45) is 25.6. The highest BCUT2D eigenvalue weighted by molar-refractivity contribution is 7.91. The van der Waals surface area contributed by atoms with Crippen LogP contribution < -0.4 is 10.1 Å². The van der Waals surface area contributed by atoms with Crippen LogP contribution in [0.3, 0.4) is 0 Å². The van der Waals surface area contributed by atoms with Gasteiger partial charge in [-0.3, -0.25) is 4.79 Å². The fourth-order valence-corrected chi connectivity index (χ4v) is 15.8. The molecule has 0 radical (unpaired) electrons. The van der Waals surface area contributed by atoms with Gasteiger partial charge in [0.1, 0.15) is 21.9 Å². The third kappa shape index (κ3) is 8.73. The summed E-state index contributed by atoms with van der Waals surface area (Å²) in [4.78, 5) is 17.1. The lowest BCUT2D eigenvalue weighted by Gasteiger charge is -2.68. The Morgan fingerprint density at radius 2 is 1.77 bits per heavy atom. The Morgan fingerprint density at radius 3 is 2.39 bits per heavy atom. The van der Waals surface area contributed by atoms with Crippen molar-refractivity contribution in [2.45, 2.75) is 180 Å². The maximum absolute atomic E-state index is 12.8. The summed E-state index contributed by atoms with van der Waals surface area (Å²) in [7, 11) is -3.07. The molecule has 5 fully saturated rings. The van der Waals surface area contributed by atoms with Crippen molar-refractivity contribution in [3.8, 4) is 5.88 Å². The van der Waals surface area contributed by atoms with Crippen molar-refractivity contribution in [2.24, 2.45) is 51.2 Å². The van der Waals surface area contributed by atoms with Crippen molar-refractivity contribution >= 4 is 15.8 Å². The molecule has 1 unspecified atom stereocenters. The van der Waals surface area contributed by atoms with E-state index in [1.54, 1.807) is 12.3 Å². The molecule has 1 aromatic heterocycles. The smallest absolute Gasteiger partial charge is 0.313 e. The van der Waals surface area contributed by atoms with Crippen LogP contribution in [-0.2, 0) is 14.6 Å². The van der Waals surface area contributed by atoms with Crippen LogP contribution in [0.25, 0.3) is 0 Å². The third-order valence-corrected chi connectivity index (χ3v) is 20.7. The minimum atomic E-state index is -3.07. The molecule has 8 nitrogen and oxygen atoms in total. The van der Waals surface area contributed by atoms with Crippen LogP contribution >= 0.6 is 0 Å². The molecule has 5 saturated carbocycles. The molecular formula is C52H80N2O6S. The van der Waals surface area contributed by atoms with E-state index in [0.29, 0.717) is 80.4 Å². The number of hydrogen-bond donors (Lipinski definition) is 3. The van der Waals surface area contributed by atoms with Crippen molar-refractivity contribution in [3.63, 3.8) is 0 Å². The highest BCUT2D eigenvalue weighted by Crippen LogP contribution is 2.72. The zero-order chi connectivity index (χ0) is 44.1.